The number of aromatic nitrogens is 3. The summed E-state index contributed by atoms with van der Waals surface area (Å²) in [6.45, 7) is 5.10. The Balaban J connectivity index is 1.31. The number of nitrogens with zero attached hydrogens (tertiary/aromatic N) is 6. The lowest BCUT2D eigenvalue weighted by Gasteiger charge is -2.30. The van der Waals surface area contributed by atoms with E-state index in [1.807, 2.05) is 25.1 Å². The van der Waals surface area contributed by atoms with Gasteiger partial charge in [0.15, 0.2) is 5.13 Å². The summed E-state index contributed by atoms with van der Waals surface area (Å²) < 4.78 is 5.70. The minimum absolute atomic E-state index is 0.143. The third-order valence-corrected chi connectivity index (χ3v) is 7.11. The minimum atomic E-state index is -0.143. The molecule has 194 valence electrons. The van der Waals surface area contributed by atoms with Crippen LogP contribution in [0, 0.1) is 18.3 Å². The van der Waals surface area contributed by atoms with Gasteiger partial charge in [-0.2, -0.15) is 5.26 Å². The summed E-state index contributed by atoms with van der Waals surface area (Å²) in [5.41, 5.74) is 1.35. The highest BCUT2D eigenvalue weighted by atomic mass is 35.5. The number of nitrogens with one attached hydrogen (secondary N) is 1. The minimum Gasteiger partial charge on any atom is -0.494 e. The van der Waals surface area contributed by atoms with Crippen molar-refractivity contribution in [3.05, 3.63) is 57.9 Å². The Labute approximate surface area is 226 Å². The number of carbonyl (C=O) groups is 1. The van der Waals surface area contributed by atoms with Gasteiger partial charge < -0.3 is 15.0 Å². The number of hydrogen-bond donors (Lipinski definition) is 1. The molecular formula is C26H30ClN7O2S. The topological polar surface area (TPSA) is 107 Å². The third kappa shape index (κ3) is 7.61. The molecule has 3 heterocycles. The predicted octanol–water partition coefficient (Wildman–Crippen LogP) is 4.88. The number of thiazole rings is 1. The van der Waals surface area contributed by atoms with Crippen molar-refractivity contribution in [1.29, 1.82) is 5.26 Å². The summed E-state index contributed by atoms with van der Waals surface area (Å²) in [4.78, 5) is 30.3. The molecule has 1 atom stereocenters. The number of carbonyl (C=O) groups excluding carboxylic acids is 1. The van der Waals surface area contributed by atoms with Crippen molar-refractivity contribution in [2.75, 3.05) is 45.2 Å². The van der Waals surface area contributed by atoms with Crippen LogP contribution in [0.1, 0.15) is 47.2 Å². The Morgan fingerprint density at radius 2 is 2.14 bits per heavy atom. The molecule has 0 bridgehead atoms. The summed E-state index contributed by atoms with van der Waals surface area (Å²) in [5, 5.41) is 15.3. The van der Waals surface area contributed by atoms with Gasteiger partial charge in [-0.3, -0.25) is 9.69 Å². The largest absolute Gasteiger partial charge is 0.494 e. The van der Waals surface area contributed by atoms with Crippen molar-refractivity contribution >= 4 is 39.8 Å². The average molecular weight is 540 g/mol. The van der Waals surface area contributed by atoms with Crippen LogP contribution in [0.15, 0.2) is 35.7 Å². The van der Waals surface area contributed by atoms with Crippen LogP contribution in [0.2, 0.25) is 5.02 Å². The first kappa shape index (κ1) is 26.8. The molecule has 1 aromatic carbocycles. The quantitative estimate of drug-likeness (QED) is 0.287. The molecule has 4 rings (SSSR count). The zero-order valence-electron chi connectivity index (χ0n) is 21.0. The van der Waals surface area contributed by atoms with Crippen LogP contribution >= 0.6 is 22.9 Å². The molecule has 1 fully saturated rings. The van der Waals surface area contributed by atoms with Crippen LogP contribution in [0.3, 0.4) is 0 Å². The van der Waals surface area contributed by atoms with Gasteiger partial charge in [0.1, 0.15) is 23.1 Å². The number of aryl methyl sites for hydroxylation is 1. The smallest absolute Gasteiger partial charge is 0.273 e. The number of ether oxygens (including phenoxy) is 1. The molecule has 1 saturated heterocycles. The number of hydrogen-bond acceptors (Lipinski definition) is 9. The number of benzene rings is 1. The molecule has 1 amide bonds. The summed E-state index contributed by atoms with van der Waals surface area (Å²) in [5.74, 6) is 2.19. The van der Waals surface area contributed by atoms with Gasteiger partial charge in [-0.1, -0.05) is 11.6 Å². The Morgan fingerprint density at radius 3 is 2.92 bits per heavy atom. The van der Waals surface area contributed by atoms with E-state index in [4.69, 9.17) is 21.6 Å². The fourth-order valence-electron chi connectivity index (χ4n) is 4.26. The summed E-state index contributed by atoms with van der Waals surface area (Å²) in [7, 11) is 1.76. The van der Waals surface area contributed by atoms with Crippen LogP contribution in [0.25, 0.3) is 0 Å². The van der Waals surface area contributed by atoms with Crippen molar-refractivity contribution in [3.63, 3.8) is 0 Å². The fourth-order valence-corrected chi connectivity index (χ4v) is 5.08. The first-order chi connectivity index (χ1) is 17.9. The molecule has 0 unspecified atom stereocenters. The van der Waals surface area contributed by atoms with Crippen LogP contribution < -0.4 is 10.1 Å². The Kier molecular flexibility index (Phi) is 9.28. The number of amides is 1. The van der Waals surface area contributed by atoms with E-state index in [-0.39, 0.29) is 11.8 Å². The van der Waals surface area contributed by atoms with E-state index in [0.717, 1.165) is 37.4 Å². The normalized spacial score (nSPS) is 15.7. The molecule has 3 aromatic rings. The van der Waals surface area contributed by atoms with Gasteiger partial charge in [-0.15, -0.1) is 11.3 Å². The number of halogens is 1. The molecule has 0 spiro atoms. The number of piperidine rings is 1. The van der Waals surface area contributed by atoms with Gasteiger partial charge >= 0.3 is 0 Å². The van der Waals surface area contributed by atoms with Crippen molar-refractivity contribution in [2.45, 2.75) is 32.1 Å². The second-order valence-electron chi connectivity index (χ2n) is 9.00. The summed E-state index contributed by atoms with van der Waals surface area (Å²) in [6, 6.07) is 11.4. The van der Waals surface area contributed by atoms with Crippen molar-refractivity contribution in [2.24, 2.45) is 0 Å². The molecule has 0 saturated carbocycles. The molecule has 11 heteroatoms. The molecule has 9 nitrogen and oxygen atoms in total. The van der Waals surface area contributed by atoms with Crippen molar-refractivity contribution < 1.29 is 9.53 Å². The Morgan fingerprint density at radius 1 is 1.32 bits per heavy atom. The van der Waals surface area contributed by atoms with Crippen LogP contribution in [0.5, 0.6) is 5.75 Å². The molecule has 0 radical (unpaired) electrons. The highest BCUT2D eigenvalue weighted by Gasteiger charge is 2.23. The number of anilines is 2. The van der Waals surface area contributed by atoms with E-state index in [0.29, 0.717) is 53.6 Å². The van der Waals surface area contributed by atoms with Crippen LogP contribution in [0.4, 0.5) is 10.9 Å². The van der Waals surface area contributed by atoms with Gasteiger partial charge in [0.05, 0.1) is 24.9 Å². The maximum absolute atomic E-state index is 12.8. The van der Waals surface area contributed by atoms with Crippen LogP contribution in [-0.4, -0.2) is 70.5 Å². The number of nitriles is 1. The second kappa shape index (κ2) is 12.8. The highest BCUT2D eigenvalue weighted by molar-refractivity contribution is 7.14. The van der Waals surface area contributed by atoms with Crippen LogP contribution in [-0.2, 0) is 0 Å². The monoisotopic (exact) mass is 539 g/mol. The molecule has 2 aromatic heterocycles. The maximum atomic E-state index is 12.8. The van der Waals surface area contributed by atoms with Crippen molar-refractivity contribution in [1.82, 2.24) is 24.8 Å². The first-order valence-corrected chi connectivity index (χ1v) is 13.5. The first-order valence-electron chi connectivity index (χ1n) is 12.2. The lowest BCUT2D eigenvalue weighted by atomic mass is 9.94. The lowest BCUT2D eigenvalue weighted by molar-refractivity contribution is 0.0783. The lowest BCUT2D eigenvalue weighted by Crippen LogP contribution is -2.35. The van der Waals surface area contributed by atoms with E-state index >= 15 is 0 Å². The van der Waals surface area contributed by atoms with Crippen molar-refractivity contribution in [3.8, 4) is 11.8 Å². The number of rotatable bonds is 10. The van der Waals surface area contributed by atoms with E-state index in [1.165, 1.54) is 11.3 Å². The average Bonchev–Trinajstić information content (AvgIpc) is 3.35. The molecular weight excluding hydrogens is 510 g/mol. The maximum Gasteiger partial charge on any atom is 0.273 e. The molecule has 1 N–H and O–H groups in total. The van der Waals surface area contributed by atoms with E-state index in [9.17, 15) is 4.79 Å². The fraction of sp³-hybridized carbons (Fsp3) is 0.423. The molecule has 1 aliphatic rings. The van der Waals surface area contributed by atoms with Gasteiger partial charge in [0, 0.05) is 42.5 Å². The standard InChI is InChI=1S/C26H30ClN7O2S/c1-18-29-22(19-5-3-12-34(16-19)13-10-28)15-24(30-18)32-26-31-23(17-37-26)25(35)33(2)11-4-14-36-21-8-6-20(27)7-9-21/h6-9,15,17,19H,3-5,11-14,16H2,1-2H3,(H,29,30,31,32)/t19-/m0/s1. The number of likely N-dealkylation sites (tertiary alicyclic amines) is 1. The zero-order valence-corrected chi connectivity index (χ0v) is 22.6. The van der Waals surface area contributed by atoms with Gasteiger partial charge in [0.2, 0.25) is 0 Å². The van der Waals surface area contributed by atoms with Gasteiger partial charge in [-0.05, 0) is 57.0 Å². The Hall–Kier alpha value is -3.26. The SMILES string of the molecule is Cc1nc(Nc2nc(C(=O)N(C)CCCOc3ccc(Cl)cc3)cs2)cc([C@H]2CCCN(CC#N)C2)n1. The second-order valence-corrected chi connectivity index (χ2v) is 10.3. The molecule has 0 aliphatic carbocycles. The highest BCUT2D eigenvalue weighted by Crippen LogP contribution is 2.28. The third-order valence-electron chi connectivity index (χ3n) is 6.10. The van der Waals surface area contributed by atoms with E-state index in [2.05, 4.69) is 31.2 Å². The summed E-state index contributed by atoms with van der Waals surface area (Å²) >= 11 is 7.25. The predicted molar refractivity (Wildman–Crippen MR) is 145 cm³/mol. The zero-order chi connectivity index (χ0) is 26.2. The molecule has 1 aliphatic heterocycles. The Bertz CT molecular complexity index is 1240. The van der Waals surface area contributed by atoms with E-state index < -0.39 is 0 Å². The van der Waals surface area contributed by atoms with Gasteiger partial charge in [-0.25, -0.2) is 15.0 Å². The van der Waals surface area contributed by atoms with Gasteiger partial charge in [0.25, 0.3) is 5.91 Å². The summed E-state index contributed by atoms with van der Waals surface area (Å²) in [6.07, 6.45) is 2.76. The van der Waals surface area contributed by atoms with E-state index in [1.54, 1.807) is 29.5 Å². The molecule has 37 heavy (non-hydrogen) atoms.